The van der Waals surface area contributed by atoms with E-state index in [0.29, 0.717) is 48.7 Å². The number of amides is 2. The zero-order valence-corrected chi connectivity index (χ0v) is 25.4. The number of fused-ring (bicyclic) bond motifs is 1. The first-order chi connectivity index (χ1) is 19.4. The number of methoxy groups -OCH3 is 1. The Hall–Kier alpha value is -3.35. The molecule has 0 saturated carbocycles. The number of aromatic nitrogens is 2. The molecular formula is C29H38F3N5O3Si. The van der Waals surface area contributed by atoms with Gasteiger partial charge < -0.3 is 19.7 Å². The lowest BCUT2D eigenvalue weighted by Gasteiger charge is -2.26. The highest BCUT2D eigenvalue weighted by molar-refractivity contribution is 6.76. The van der Waals surface area contributed by atoms with Crippen molar-refractivity contribution >= 4 is 19.8 Å². The summed E-state index contributed by atoms with van der Waals surface area (Å²) in [6, 6.07) is 7.07. The maximum Gasteiger partial charge on any atom is 0.322 e. The number of ether oxygens (including phenoxy) is 2. The lowest BCUT2D eigenvalue weighted by Crippen LogP contribution is -2.43. The fraction of sp³-hybridized carbons (Fsp3) is 0.448. The molecule has 4 rings (SSSR count). The lowest BCUT2D eigenvalue weighted by molar-refractivity contribution is 0.0700. The van der Waals surface area contributed by atoms with Crippen LogP contribution in [0.25, 0.3) is 11.1 Å². The van der Waals surface area contributed by atoms with E-state index >= 15 is 8.78 Å². The minimum atomic E-state index is -1.28. The number of anilines is 1. The number of nitrogens with zero attached hydrogens (tertiary/aromatic N) is 4. The summed E-state index contributed by atoms with van der Waals surface area (Å²) < 4.78 is 56.6. The van der Waals surface area contributed by atoms with Gasteiger partial charge in [0.15, 0.2) is 0 Å². The molecule has 1 aromatic heterocycles. The largest absolute Gasteiger partial charge is 0.497 e. The Kier molecular flexibility index (Phi) is 9.45. The number of urea groups is 1. The Morgan fingerprint density at radius 1 is 1.12 bits per heavy atom. The zero-order chi connectivity index (χ0) is 29.9. The molecule has 8 nitrogen and oxygen atoms in total. The monoisotopic (exact) mass is 589 g/mol. The molecular weight excluding hydrogens is 551 g/mol. The van der Waals surface area contributed by atoms with E-state index < -0.39 is 37.7 Å². The minimum absolute atomic E-state index is 0.0353. The van der Waals surface area contributed by atoms with Crippen molar-refractivity contribution in [1.29, 1.82) is 0 Å². The van der Waals surface area contributed by atoms with Gasteiger partial charge >= 0.3 is 6.03 Å². The van der Waals surface area contributed by atoms with Crippen molar-refractivity contribution in [2.45, 2.75) is 44.9 Å². The molecule has 0 radical (unpaired) electrons. The predicted octanol–water partition coefficient (Wildman–Crippen LogP) is 5.66. The highest BCUT2D eigenvalue weighted by Gasteiger charge is 2.30. The van der Waals surface area contributed by atoms with E-state index in [9.17, 15) is 9.18 Å². The molecule has 222 valence electrons. The van der Waals surface area contributed by atoms with Crippen molar-refractivity contribution in [3.05, 3.63) is 65.2 Å². The first-order valence-corrected chi connectivity index (χ1v) is 17.3. The number of benzene rings is 2. The maximum atomic E-state index is 15.4. The number of hydrogen-bond acceptors (Lipinski definition) is 5. The summed E-state index contributed by atoms with van der Waals surface area (Å²) in [5.74, 6) is -1.48. The standard InChI is InChI=1S/C29H38F3N5O3Si/c1-35(2)17-26(20-11-21(30)14-22(12-20)39-3)34-29(38)36-8-7-19-13-23(25(31)15-27(19)36)24-16-33-37(28(24)32)18-40-9-10-41(4,5)6/h11-16,26H,7-10,17-18H2,1-6H3,(H,34,38)/t26-/m0/s1. The Bertz CT molecular complexity index is 1390. The van der Waals surface area contributed by atoms with Gasteiger partial charge in [-0.05, 0) is 62.0 Å². The summed E-state index contributed by atoms with van der Waals surface area (Å²) in [6.07, 6.45) is 1.76. The normalized spacial score (nSPS) is 14.0. The summed E-state index contributed by atoms with van der Waals surface area (Å²) in [7, 11) is 3.86. The molecule has 0 aliphatic carbocycles. The average molecular weight is 590 g/mol. The van der Waals surface area contributed by atoms with Gasteiger partial charge in [0.25, 0.3) is 0 Å². The van der Waals surface area contributed by atoms with E-state index in [1.807, 2.05) is 19.0 Å². The highest BCUT2D eigenvalue weighted by atomic mass is 28.3. The third kappa shape index (κ3) is 7.49. The summed E-state index contributed by atoms with van der Waals surface area (Å²) in [5, 5.41) is 7.01. The maximum absolute atomic E-state index is 15.4. The van der Waals surface area contributed by atoms with Crippen molar-refractivity contribution in [2.24, 2.45) is 0 Å². The Labute approximate surface area is 240 Å². The van der Waals surface area contributed by atoms with E-state index in [4.69, 9.17) is 9.47 Å². The van der Waals surface area contributed by atoms with E-state index in [-0.39, 0.29) is 17.9 Å². The van der Waals surface area contributed by atoms with Gasteiger partial charge in [0, 0.05) is 39.4 Å². The third-order valence-electron chi connectivity index (χ3n) is 6.96. The van der Waals surface area contributed by atoms with Crippen LogP contribution in [0.15, 0.2) is 36.5 Å². The first-order valence-electron chi connectivity index (χ1n) is 13.6. The van der Waals surface area contributed by atoms with Crippen LogP contribution in [-0.2, 0) is 17.9 Å². The molecule has 0 bridgehead atoms. The number of rotatable bonds is 11. The van der Waals surface area contributed by atoms with Gasteiger partial charge in [-0.15, -0.1) is 0 Å². The van der Waals surface area contributed by atoms with Gasteiger partial charge in [0.05, 0.1) is 30.6 Å². The molecule has 1 aliphatic rings. The molecule has 12 heteroatoms. The van der Waals surface area contributed by atoms with Crippen LogP contribution in [0.1, 0.15) is 17.2 Å². The Balaban J connectivity index is 1.51. The smallest absolute Gasteiger partial charge is 0.322 e. The number of hydrogen-bond donors (Lipinski definition) is 1. The quantitative estimate of drug-likeness (QED) is 0.231. The second-order valence-electron chi connectivity index (χ2n) is 11.7. The number of carbonyl (C=O) groups is 1. The van der Waals surface area contributed by atoms with Gasteiger partial charge in [-0.25, -0.2) is 18.3 Å². The number of likely N-dealkylation sites (N-methyl/N-ethyl adjacent to an activating group) is 1. The molecule has 0 unspecified atom stereocenters. The Morgan fingerprint density at radius 3 is 2.56 bits per heavy atom. The van der Waals surface area contributed by atoms with E-state index in [0.717, 1.165) is 10.7 Å². The molecule has 1 aliphatic heterocycles. The zero-order valence-electron chi connectivity index (χ0n) is 24.4. The molecule has 2 amide bonds. The van der Waals surface area contributed by atoms with Crippen molar-refractivity contribution in [1.82, 2.24) is 20.0 Å². The van der Waals surface area contributed by atoms with Gasteiger partial charge in [-0.1, -0.05) is 19.6 Å². The fourth-order valence-corrected chi connectivity index (χ4v) is 5.49. The molecule has 41 heavy (non-hydrogen) atoms. The van der Waals surface area contributed by atoms with Crippen LogP contribution in [0.5, 0.6) is 5.75 Å². The third-order valence-corrected chi connectivity index (χ3v) is 8.67. The molecule has 0 spiro atoms. The average Bonchev–Trinajstić information content (AvgIpc) is 3.47. The summed E-state index contributed by atoms with van der Waals surface area (Å²) >= 11 is 0. The summed E-state index contributed by atoms with van der Waals surface area (Å²) in [4.78, 5) is 16.7. The van der Waals surface area contributed by atoms with Gasteiger partial charge in [-0.2, -0.15) is 9.49 Å². The predicted molar refractivity (Wildman–Crippen MR) is 156 cm³/mol. The van der Waals surface area contributed by atoms with Crippen LogP contribution in [0.2, 0.25) is 25.7 Å². The molecule has 3 aromatic rings. The van der Waals surface area contributed by atoms with Crippen LogP contribution in [0.4, 0.5) is 23.7 Å². The molecule has 1 atom stereocenters. The first kappa shape index (κ1) is 30.6. The van der Waals surface area contributed by atoms with Gasteiger partial charge in [0.1, 0.15) is 24.1 Å². The van der Waals surface area contributed by atoms with Crippen LogP contribution in [0, 0.1) is 17.6 Å². The van der Waals surface area contributed by atoms with Crippen molar-refractivity contribution in [3.63, 3.8) is 0 Å². The van der Waals surface area contributed by atoms with E-state index in [2.05, 4.69) is 30.1 Å². The lowest BCUT2D eigenvalue weighted by atomic mass is 10.0. The topological polar surface area (TPSA) is 71.9 Å². The van der Waals surface area contributed by atoms with Crippen molar-refractivity contribution in [3.8, 4) is 16.9 Å². The van der Waals surface area contributed by atoms with Crippen molar-refractivity contribution < 1.29 is 27.4 Å². The minimum Gasteiger partial charge on any atom is -0.497 e. The molecule has 2 heterocycles. The van der Waals surface area contributed by atoms with E-state index in [1.165, 1.54) is 36.4 Å². The Morgan fingerprint density at radius 2 is 1.88 bits per heavy atom. The second kappa shape index (κ2) is 12.7. The van der Waals surface area contributed by atoms with Gasteiger partial charge in [-0.3, -0.25) is 4.90 Å². The van der Waals surface area contributed by atoms with E-state index in [1.54, 1.807) is 12.1 Å². The molecule has 0 saturated heterocycles. The highest BCUT2D eigenvalue weighted by Crippen LogP contribution is 2.36. The fourth-order valence-electron chi connectivity index (χ4n) is 4.73. The second-order valence-corrected chi connectivity index (χ2v) is 17.4. The summed E-state index contributed by atoms with van der Waals surface area (Å²) in [6.45, 7) is 7.87. The summed E-state index contributed by atoms with van der Waals surface area (Å²) in [5.41, 5.74) is 1.78. The van der Waals surface area contributed by atoms with Gasteiger partial charge in [0.2, 0.25) is 5.95 Å². The van der Waals surface area contributed by atoms with Crippen LogP contribution in [0.3, 0.4) is 0 Å². The number of halogens is 3. The molecule has 0 fully saturated rings. The SMILES string of the molecule is COc1cc(F)cc([C@H](CN(C)C)NC(=O)N2CCc3cc(-c4cnn(COCC[Si](C)(C)C)c4F)c(F)cc32)c1. The van der Waals surface area contributed by atoms with Crippen LogP contribution >= 0.6 is 0 Å². The van der Waals surface area contributed by atoms with Crippen LogP contribution < -0.4 is 15.0 Å². The number of nitrogens with one attached hydrogen (secondary N) is 1. The molecule has 2 aromatic carbocycles. The number of carbonyl (C=O) groups excluding carboxylic acids is 1. The van der Waals surface area contributed by atoms with Crippen LogP contribution in [-0.4, -0.2) is 69.7 Å². The molecule has 1 N–H and O–H groups in total. The van der Waals surface area contributed by atoms with Crippen molar-refractivity contribution in [2.75, 3.05) is 45.8 Å².